The number of aromatic nitrogens is 2. The van der Waals surface area contributed by atoms with Crippen LogP contribution in [0.15, 0.2) is 146 Å². The first-order valence-corrected chi connectivity index (χ1v) is 15.3. The van der Waals surface area contributed by atoms with Crippen LogP contribution in [-0.4, -0.2) is 9.55 Å². The van der Waals surface area contributed by atoms with E-state index < -0.39 is 0 Å². The molecule has 0 aliphatic heterocycles. The first-order valence-electron chi connectivity index (χ1n) is 15.3. The van der Waals surface area contributed by atoms with Crippen molar-refractivity contribution in [1.82, 2.24) is 9.55 Å². The van der Waals surface area contributed by atoms with Crippen LogP contribution in [0.3, 0.4) is 0 Å². The topological polar surface area (TPSA) is 17.8 Å². The summed E-state index contributed by atoms with van der Waals surface area (Å²) in [4.78, 5) is 5.14. The Morgan fingerprint density at radius 1 is 0.605 bits per heavy atom. The lowest BCUT2D eigenvalue weighted by Gasteiger charge is -2.24. The van der Waals surface area contributed by atoms with Gasteiger partial charge in [-0.1, -0.05) is 127 Å². The van der Waals surface area contributed by atoms with E-state index in [1.54, 1.807) is 0 Å². The molecule has 204 valence electrons. The molecule has 1 aromatic heterocycles. The molecule has 2 nitrogen and oxygen atoms in total. The monoisotopic (exact) mass is 550 g/mol. The molecule has 2 heteroatoms. The molecule has 0 saturated carbocycles. The standard InChI is InChI=1S/C41H30N2/c1-2-12-28(13-3-1)41-42-38-20-10-11-21-39(38)43(41)29-24-22-27(23-25-29)36-26-37-32-16-5-4-14-30(32)31-15-6-8-18-34(31)40(37)35-19-9-7-17-33(35)36/h1-12,14-24,26,28-29H,13,25H2. The molecular weight excluding hydrogens is 520 g/mol. The molecule has 0 spiro atoms. The number of hydrogen-bond acceptors (Lipinski definition) is 1. The van der Waals surface area contributed by atoms with Crippen molar-refractivity contribution in [2.75, 3.05) is 0 Å². The maximum absolute atomic E-state index is 5.14. The Bertz CT molecular complexity index is 2360. The third-order valence-corrected chi connectivity index (χ3v) is 9.40. The molecule has 7 aromatic rings. The number of fused-ring (bicyclic) bond motifs is 9. The third-order valence-electron chi connectivity index (χ3n) is 9.40. The first-order chi connectivity index (χ1) is 21.3. The SMILES string of the molecule is C1=CCC(c2nc3ccccc3n2C2C=CC(c3cc4c5ccccc5c5ccccc5c4c4ccccc34)=CC2)C=C1. The van der Waals surface area contributed by atoms with Gasteiger partial charge in [0.05, 0.1) is 17.1 Å². The van der Waals surface area contributed by atoms with Crippen molar-refractivity contribution < 1.29 is 0 Å². The summed E-state index contributed by atoms with van der Waals surface area (Å²) in [6.45, 7) is 0. The summed E-state index contributed by atoms with van der Waals surface area (Å²) in [7, 11) is 0. The van der Waals surface area contributed by atoms with Crippen molar-refractivity contribution in [3.63, 3.8) is 0 Å². The predicted octanol–water partition coefficient (Wildman–Crippen LogP) is 10.8. The fraction of sp³-hybridized carbons (Fsp3) is 0.0976. The normalized spacial score (nSPS) is 18.4. The number of para-hydroxylation sites is 2. The number of allylic oxidation sites excluding steroid dienone is 8. The largest absolute Gasteiger partial charge is 0.320 e. The molecule has 2 atom stereocenters. The second-order valence-electron chi connectivity index (χ2n) is 11.8. The average Bonchev–Trinajstić information content (AvgIpc) is 3.48. The molecule has 0 bridgehead atoms. The van der Waals surface area contributed by atoms with Crippen LogP contribution in [0.4, 0.5) is 0 Å². The van der Waals surface area contributed by atoms with E-state index in [0.717, 1.165) is 24.2 Å². The van der Waals surface area contributed by atoms with Gasteiger partial charge in [0.1, 0.15) is 5.82 Å². The van der Waals surface area contributed by atoms with Gasteiger partial charge in [0.2, 0.25) is 0 Å². The molecule has 0 fully saturated rings. The highest BCUT2D eigenvalue weighted by Crippen LogP contribution is 2.43. The Labute approximate surface area is 250 Å². The summed E-state index contributed by atoms with van der Waals surface area (Å²) < 4.78 is 2.48. The lowest BCUT2D eigenvalue weighted by molar-refractivity contribution is 0.574. The highest BCUT2D eigenvalue weighted by molar-refractivity contribution is 6.32. The molecule has 2 aliphatic rings. The zero-order valence-corrected chi connectivity index (χ0v) is 23.8. The van der Waals surface area contributed by atoms with Crippen molar-refractivity contribution in [2.45, 2.75) is 24.8 Å². The lowest BCUT2D eigenvalue weighted by Crippen LogP contribution is -2.14. The van der Waals surface area contributed by atoms with Gasteiger partial charge in [-0.05, 0) is 85.3 Å². The zero-order valence-electron chi connectivity index (χ0n) is 23.8. The third kappa shape index (κ3) is 3.76. The fourth-order valence-corrected chi connectivity index (χ4v) is 7.45. The van der Waals surface area contributed by atoms with Crippen molar-refractivity contribution >= 4 is 59.7 Å². The Balaban J connectivity index is 1.21. The van der Waals surface area contributed by atoms with Gasteiger partial charge in [0, 0.05) is 5.92 Å². The van der Waals surface area contributed by atoms with Crippen LogP contribution in [0.2, 0.25) is 0 Å². The first kappa shape index (κ1) is 24.4. The molecule has 2 unspecified atom stereocenters. The molecule has 1 heterocycles. The van der Waals surface area contributed by atoms with E-state index in [4.69, 9.17) is 4.98 Å². The van der Waals surface area contributed by atoms with Crippen LogP contribution in [0.25, 0.3) is 59.7 Å². The highest BCUT2D eigenvalue weighted by atomic mass is 15.1. The zero-order chi connectivity index (χ0) is 28.3. The number of nitrogens with zero attached hydrogens (tertiary/aromatic N) is 2. The number of benzene rings is 6. The van der Waals surface area contributed by atoms with Crippen molar-refractivity contribution in [3.05, 3.63) is 157 Å². The van der Waals surface area contributed by atoms with Crippen molar-refractivity contribution in [1.29, 1.82) is 0 Å². The fourth-order valence-electron chi connectivity index (χ4n) is 7.45. The van der Waals surface area contributed by atoms with E-state index in [0.29, 0.717) is 5.92 Å². The number of imidazole rings is 1. The Morgan fingerprint density at radius 3 is 1.98 bits per heavy atom. The number of hydrogen-bond donors (Lipinski definition) is 0. The minimum absolute atomic E-state index is 0.224. The Morgan fingerprint density at radius 2 is 1.26 bits per heavy atom. The molecular formula is C41H30N2. The maximum atomic E-state index is 5.14. The van der Waals surface area contributed by atoms with Crippen LogP contribution in [0, 0.1) is 0 Å². The van der Waals surface area contributed by atoms with Gasteiger partial charge >= 0.3 is 0 Å². The Hall–Kier alpha value is -5.21. The van der Waals surface area contributed by atoms with Crippen LogP contribution in [-0.2, 0) is 0 Å². The van der Waals surface area contributed by atoms with Gasteiger partial charge in [0.25, 0.3) is 0 Å². The van der Waals surface area contributed by atoms with Crippen LogP contribution in [0.1, 0.15) is 36.2 Å². The minimum atomic E-state index is 0.224. The predicted molar refractivity (Wildman–Crippen MR) is 183 cm³/mol. The van der Waals surface area contributed by atoms with Gasteiger partial charge in [0.15, 0.2) is 0 Å². The van der Waals surface area contributed by atoms with Gasteiger partial charge in [-0.15, -0.1) is 0 Å². The second kappa shape index (κ2) is 9.68. The minimum Gasteiger partial charge on any atom is -0.320 e. The second-order valence-corrected chi connectivity index (χ2v) is 11.8. The van der Waals surface area contributed by atoms with Crippen LogP contribution in [0.5, 0.6) is 0 Å². The van der Waals surface area contributed by atoms with Crippen LogP contribution < -0.4 is 0 Å². The van der Waals surface area contributed by atoms with Gasteiger partial charge < -0.3 is 4.57 Å². The van der Waals surface area contributed by atoms with E-state index in [1.807, 2.05) is 0 Å². The summed E-state index contributed by atoms with van der Waals surface area (Å²) in [5, 5.41) is 10.5. The van der Waals surface area contributed by atoms with E-state index in [1.165, 1.54) is 59.7 Å². The molecule has 2 aliphatic carbocycles. The molecule has 0 amide bonds. The lowest BCUT2D eigenvalue weighted by atomic mass is 9.86. The molecule has 0 radical (unpaired) electrons. The van der Waals surface area contributed by atoms with Gasteiger partial charge in [-0.2, -0.15) is 0 Å². The van der Waals surface area contributed by atoms with Gasteiger partial charge in [-0.25, -0.2) is 4.98 Å². The van der Waals surface area contributed by atoms with E-state index in [-0.39, 0.29) is 6.04 Å². The summed E-state index contributed by atoms with van der Waals surface area (Å²) in [5.74, 6) is 1.45. The van der Waals surface area contributed by atoms with Gasteiger partial charge in [-0.3, -0.25) is 0 Å². The summed E-state index contributed by atoms with van der Waals surface area (Å²) in [6, 6.07) is 37.9. The number of rotatable bonds is 3. The van der Waals surface area contributed by atoms with E-state index in [2.05, 4.69) is 150 Å². The maximum Gasteiger partial charge on any atom is 0.117 e. The molecule has 0 N–H and O–H groups in total. The quantitative estimate of drug-likeness (QED) is 0.200. The molecule has 43 heavy (non-hydrogen) atoms. The highest BCUT2D eigenvalue weighted by Gasteiger charge is 2.24. The van der Waals surface area contributed by atoms with E-state index >= 15 is 0 Å². The van der Waals surface area contributed by atoms with Crippen LogP contribution >= 0.6 is 0 Å². The molecule has 9 rings (SSSR count). The Kier molecular flexibility index (Phi) is 5.49. The van der Waals surface area contributed by atoms with Crippen molar-refractivity contribution in [2.24, 2.45) is 0 Å². The van der Waals surface area contributed by atoms with E-state index in [9.17, 15) is 0 Å². The summed E-state index contributed by atoms with van der Waals surface area (Å²) in [6.07, 6.45) is 17.9. The van der Waals surface area contributed by atoms with Crippen molar-refractivity contribution in [3.8, 4) is 0 Å². The molecule has 6 aromatic carbocycles. The summed E-state index contributed by atoms with van der Waals surface area (Å²) in [5.41, 5.74) is 4.87. The summed E-state index contributed by atoms with van der Waals surface area (Å²) >= 11 is 0. The average molecular weight is 551 g/mol. The molecule has 0 saturated heterocycles. The smallest absolute Gasteiger partial charge is 0.117 e.